The van der Waals surface area contributed by atoms with Crippen LogP contribution in [0.5, 0.6) is 0 Å². The van der Waals surface area contributed by atoms with Crippen molar-refractivity contribution in [2.75, 3.05) is 18.9 Å². The molecule has 0 aliphatic rings. The lowest BCUT2D eigenvalue weighted by Crippen LogP contribution is -2.06. The van der Waals surface area contributed by atoms with Gasteiger partial charge in [-0.2, -0.15) is 0 Å². The standard InChI is InChI=1S/C17H23FN2/c1-6-13(10-17(19-5)12(3)4)15-9-8-14(20-7-2)11-16(15)18/h6,8-11,19-20H,1,7H2,2-5H3/b13-10+. The Hall–Kier alpha value is -2.03. The highest BCUT2D eigenvalue weighted by Crippen LogP contribution is 2.24. The van der Waals surface area contributed by atoms with Gasteiger partial charge in [0.2, 0.25) is 0 Å². The van der Waals surface area contributed by atoms with E-state index in [2.05, 4.69) is 17.2 Å². The van der Waals surface area contributed by atoms with Crippen LogP contribution in [0.3, 0.4) is 0 Å². The SMILES string of the molecule is C=C/C(=C\C(NC)=C(C)C)c1ccc(NCC)cc1F. The maximum Gasteiger partial charge on any atom is 0.133 e. The summed E-state index contributed by atoms with van der Waals surface area (Å²) in [6, 6.07) is 5.16. The lowest BCUT2D eigenvalue weighted by molar-refractivity contribution is 0.624. The number of allylic oxidation sites excluding steroid dienone is 4. The molecule has 0 heterocycles. The Morgan fingerprint density at radius 3 is 2.50 bits per heavy atom. The summed E-state index contributed by atoms with van der Waals surface area (Å²) in [5.41, 5.74) is 4.20. The van der Waals surface area contributed by atoms with Crippen LogP contribution < -0.4 is 10.6 Å². The minimum atomic E-state index is -0.251. The summed E-state index contributed by atoms with van der Waals surface area (Å²) in [4.78, 5) is 0. The first-order valence-corrected chi connectivity index (χ1v) is 6.76. The van der Waals surface area contributed by atoms with Gasteiger partial charge in [-0.15, -0.1) is 0 Å². The van der Waals surface area contributed by atoms with Crippen LogP contribution in [0.1, 0.15) is 26.3 Å². The molecule has 0 spiro atoms. The first-order chi connectivity index (χ1) is 9.53. The molecule has 2 N–H and O–H groups in total. The molecule has 0 bridgehead atoms. The van der Waals surface area contributed by atoms with Gasteiger partial charge in [0, 0.05) is 30.5 Å². The summed E-state index contributed by atoms with van der Waals surface area (Å²) in [5, 5.41) is 6.20. The van der Waals surface area contributed by atoms with E-state index in [-0.39, 0.29) is 5.82 Å². The average molecular weight is 274 g/mol. The predicted octanol–water partition coefficient (Wildman–Crippen LogP) is 4.34. The van der Waals surface area contributed by atoms with Crippen LogP contribution in [0, 0.1) is 5.82 Å². The molecule has 108 valence electrons. The molecule has 1 rings (SSSR count). The monoisotopic (exact) mass is 274 g/mol. The van der Waals surface area contributed by atoms with Crippen molar-refractivity contribution < 1.29 is 4.39 Å². The van der Waals surface area contributed by atoms with Crippen molar-refractivity contribution in [2.45, 2.75) is 20.8 Å². The number of nitrogens with one attached hydrogen (secondary N) is 2. The van der Waals surface area contributed by atoms with E-state index in [1.54, 1.807) is 12.1 Å². The van der Waals surface area contributed by atoms with Crippen LogP contribution in [0.4, 0.5) is 10.1 Å². The second kappa shape index (κ2) is 7.53. The maximum atomic E-state index is 14.2. The van der Waals surface area contributed by atoms with Crippen molar-refractivity contribution in [3.05, 3.63) is 59.6 Å². The topological polar surface area (TPSA) is 24.1 Å². The van der Waals surface area contributed by atoms with E-state index >= 15 is 0 Å². The molecule has 0 unspecified atom stereocenters. The van der Waals surface area contributed by atoms with E-state index in [1.807, 2.05) is 40.0 Å². The Bertz CT molecular complexity index is 538. The van der Waals surface area contributed by atoms with Crippen LogP contribution in [-0.4, -0.2) is 13.6 Å². The molecular formula is C17H23FN2. The molecule has 0 fully saturated rings. The summed E-state index contributed by atoms with van der Waals surface area (Å²) in [7, 11) is 1.85. The highest BCUT2D eigenvalue weighted by atomic mass is 19.1. The molecule has 1 aromatic rings. The van der Waals surface area contributed by atoms with Gasteiger partial charge in [-0.3, -0.25) is 0 Å². The second-order valence-corrected chi connectivity index (χ2v) is 4.69. The third-order valence-corrected chi connectivity index (χ3v) is 2.99. The van der Waals surface area contributed by atoms with E-state index < -0.39 is 0 Å². The van der Waals surface area contributed by atoms with E-state index in [0.717, 1.165) is 29.1 Å². The Labute approximate surface area is 121 Å². The van der Waals surface area contributed by atoms with Gasteiger partial charge in [-0.25, -0.2) is 4.39 Å². The fraction of sp³-hybridized carbons (Fsp3) is 0.294. The Morgan fingerprint density at radius 1 is 1.35 bits per heavy atom. The van der Waals surface area contributed by atoms with Crippen LogP contribution in [-0.2, 0) is 0 Å². The molecule has 0 aliphatic heterocycles. The maximum absolute atomic E-state index is 14.2. The van der Waals surface area contributed by atoms with Crippen molar-refractivity contribution in [1.29, 1.82) is 0 Å². The van der Waals surface area contributed by atoms with Gasteiger partial charge in [-0.05, 0) is 50.6 Å². The van der Waals surface area contributed by atoms with E-state index in [9.17, 15) is 4.39 Å². The highest BCUT2D eigenvalue weighted by Gasteiger charge is 2.07. The third kappa shape index (κ3) is 3.98. The van der Waals surface area contributed by atoms with Crippen molar-refractivity contribution in [3.63, 3.8) is 0 Å². The molecule has 0 atom stereocenters. The molecule has 0 aromatic heterocycles. The van der Waals surface area contributed by atoms with Gasteiger partial charge in [0.25, 0.3) is 0 Å². The van der Waals surface area contributed by atoms with E-state index in [4.69, 9.17) is 0 Å². The van der Waals surface area contributed by atoms with Crippen molar-refractivity contribution in [1.82, 2.24) is 5.32 Å². The highest BCUT2D eigenvalue weighted by molar-refractivity contribution is 5.77. The fourth-order valence-electron chi connectivity index (χ4n) is 1.93. The quantitative estimate of drug-likeness (QED) is 0.754. The zero-order valence-corrected chi connectivity index (χ0v) is 12.7. The molecule has 0 saturated heterocycles. The first-order valence-electron chi connectivity index (χ1n) is 6.76. The van der Waals surface area contributed by atoms with Crippen LogP contribution in [0.15, 0.2) is 48.2 Å². The lowest BCUT2D eigenvalue weighted by Gasteiger charge is -2.10. The summed E-state index contributed by atoms with van der Waals surface area (Å²) in [6.45, 7) is 10.5. The van der Waals surface area contributed by atoms with Gasteiger partial charge >= 0.3 is 0 Å². The average Bonchev–Trinajstić information content (AvgIpc) is 2.41. The smallest absolute Gasteiger partial charge is 0.133 e. The van der Waals surface area contributed by atoms with E-state index in [1.165, 1.54) is 6.07 Å². The molecular weight excluding hydrogens is 251 g/mol. The Kier molecular flexibility index (Phi) is 6.04. The minimum absolute atomic E-state index is 0.251. The summed E-state index contributed by atoms with van der Waals surface area (Å²) < 4.78 is 14.2. The van der Waals surface area contributed by atoms with Gasteiger partial charge in [0.15, 0.2) is 0 Å². The number of anilines is 1. The fourth-order valence-corrected chi connectivity index (χ4v) is 1.93. The molecule has 0 amide bonds. The summed E-state index contributed by atoms with van der Waals surface area (Å²) in [6.07, 6.45) is 3.58. The number of halogens is 1. The van der Waals surface area contributed by atoms with E-state index in [0.29, 0.717) is 5.56 Å². The summed E-state index contributed by atoms with van der Waals surface area (Å²) >= 11 is 0. The molecule has 0 saturated carbocycles. The number of likely N-dealkylation sites (N-methyl/N-ethyl adjacent to an activating group) is 1. The molecule has 1 aromatic carbocycles. The number of hydrogen-bond acceptors (Lipinski definition) is 2. The zero-order chi connectivity index (χ0) is 15.1. The number of rotatable bonds is 6. The third-order valence-electron chi connectivity index (χ3n) is 2.99. The van der Waals surface area contributed by atoms with Crippen molar-refractivity contribution in [3.8, 4) is 0 Å². The lowest BCUT2D eigenvalue weighted by atomic mass is 10.0. The number of benzene rings is 1. The van der Waals surface area contributed by atoms with Crippen LogP contribution in [0.25, 0.3) is 5.57 Å². The molecule has 0 radical (unpaired) electrons. The molecule has 0 aliphatic carbocycles. The largest absolute Gasteiger partial charge is 0.388 e. The van der Waals surface area contributed by atoms with Crippen LogP contribution >= 0.6 is 0 Å². The van der Waals surface area contributed by atoms with Crippen LogP contribution in [0.2, 0.25) is 0 Å². The molecule has 20 heavy (non-hydrogen) atoms. The number of hydrogen-bond donors (Lipinski definition) is 2. The minimum Gasteiger partial charge on any atom is -0.388 e. The predicted molar refractivity (Wildman–Crippen MR) is 86.2 cm³/mol. The van der Waals surface area contributed by atoms with Gasteiger partial charge < -0.3 is 10.6 Å². The zero-order valence-electron chi connectivity index (χ0n) is 12.7. The molecule has 3 heteroatoms. The summed E-state index contributed by atoms with van der Waals surface area (Å²) in [5.74, 6) is -0.251. The first kappa shape index (κ1) is 16.0. The Balaban J connectivity index is 3.23. The second-order valence-electron chi connectivity index (χ2n) is 4.69. The van der Waals surface area contributed by atoms with Gasteiger partial charge in [-0.1, -0.05) is 18.2 Å². The Morgan fingerprint density at radius 2 is 2.05 bits per heavy atom. The van der Waals surface area contributed by atoms with Gasteiger partial charge in [0.1, 0.15) is 5.82 Å². The normalized spacial score (nSPS) is 10.9. The van der Waals surface area contributed by atoms with Crippen molar-refractivity contribution >= 4 is 11.3 Å². The van der Waals surface area contributed by atoms with Gasteiger partial charge in [0.05, 0.1) is 0 Å². The van der Waals surface area contributed by atoms with Crippen molar-refractivity contribution in [2.24, 2.45) is 0 Å². The molecule has 2 nitrogen and oxygen atoms in total.